The van der Waals surface area contributed by atoms with E-state index < -0.39 is 16.1 Å². The topological polar surface area (TPSA) is 99.0 Å². The molecule has 1 aliphatic rings. The van der Waals surface area contributed by atoms with Gasteiger partial charge in [-0.25, -0.2) is 4.90 Å². The highest BCUT2D eigenvalue weighted by atomic mass is 127. The number of carbonyl (C=O) groups is 2. The van der Waals surface area contributed by atoms with Crippen LogP contribution >= 0.6 is 56.9 Å². The van der Waals surface area contributed by atoms with Gasteiger partial charge >= 0.3 is 0 Å². The van der Waals surface area contributed by atoms with Crippen LogP contribution in [0.1, 0.15) is 11.1 Å². The molecule has 178 valence electrons. The molecule has 0 N–H and O–H groups in total. The Morgan fingerprint density at radius 3 is 2.46 bits per heavy atom. The Morgan fingerprint density at radius 2 is 1.77 bits per heavy atom. The molecule has 8 nitrogen and oxygen atoms in total. The largest absolute Gasteiger partial charge is 0.495 e. The molecule has 2 amide bonds. The van der Waals surface area contributed by atoms with Gasteiger partial charge in [0.2, 0.25) is 0 Å². The highest BCUT2D eigenvalue weighted by Gasteiger charge is 2.37. The van der Waals surface area contributed by atoms with Crippen molar-refractivity contribution in [3.05, 3.63) is 94.0 Å². The fraction of sp³-hybridized carbons (Fsp3) is 0.0833. The van der Waals surface area contributed by atoms with Crippen LogP contribution in [0.4, 0.5) is 16.2 Å². The van der Waals surface area contributed by atoms with Crippen molar-refractivity contribution in [1.82, 2.24) is 0 Å². The minimum absolute atomic E-state index is 0.00733. The molecule has 3 aromatic rings. The lowest BCUT2D eigenvalue weighted by molar-refractivity contribution is -0.384. The van der Waals surface area contributed by atoms with Gasteiger partial charge in [-0.05, 0) is 98.4 Å². The lowest BCUT2D eigenvalue weighted by Crippen LogP contribution is -2.28. The molecule has 3 aromatic carbocycles. The molecule has 0 spiro atoms. The van der Waals surface area contributed by atoms with Crippen molar-refractivity contribution in [3.8, 4) is 11.5 Å². The summed E-state index contributed by atoms with van der Waals surface area (Å²) in [5.74, 6) is 0.655. The number of carbonyl (C=O) groups excluding carboxylic acids is 2. The van der Waals surface area contributed by atoms with Crippen LogP contribution < -0.4 is 14.4 Å². The van der Waals surface area contributed by atoms with Crippen LogP contribution in [0.25, 0.3) is 6.08 Å². The predicted molar refractivity (Wildman–Crippen MR) is 151 cm³/mol. The number of nitro benzene ring substituents is 1. The van der Waals surface area contributed by atoms with E-state index in [9.17, 15) is 19.7 Å². The third kappa shape index (κ3) is 5.62. The second-order valence-corrected chi connectivity index (χ2v) is 10.5. The van der Waals surface area contributed by atoms with Crippen LogP contribution in [0.2, 0.25) is 0 Å². The van der Waals surface area contributed by atoms with E-state index in [4.69, 9.17) is 9.47 Å². The molecule has 0 aromatic heterocycles. The van der Waals surface area contributed by atoms with Gasteiger partial charge in [-0.2, -0.15) is 0 Å². The molecule has 35 heavy (non-hydrogen) atoms. The van der Waals surface area contributed by atoms with Crippen molar-refractivity contribution in [1.29, 1.82) is 0 Å². The van der Waals surface area contributed by atoms with Gasteiger partial charge in [0.1, 0.15) is 18.1 Å². The number of anilines is 1. The number of amides is 2. The van der Waals surface area contributed by atoms with Crippen molar-refractivity contribution in [2.75, 3.05) is 12.0 Å². The fourth-order valence-electron chi connectivity index (χ4n) is 3.36. The van der Waals surface area contributed by atoms with Crippen LogP contribution in [0.3, 0.4) is 0 Å². The number of hydrogen-bond acceptors (Lipinski definition) is 7. The van der Waals surface area contributed by atoms with Crippen molar-refractivity contribution in [2.45, 2.75) is 6.61 Å². The molecule has 0 aliphatic carbocycles. The Kier molecular flexibility index (Phi) is 7.96. The van der Waals surface area contributed by atoms with Crippen molar-refractivity contribution in [2.24, 2.45) is 0 Å². The predicted octanol–water partition coefficient (Wildman–Crippen LogP) is 6.63. The summed E-state index contributed by atoms with van der Waals surface area (Å²) in [6.45, 7) is 0.171. The van der Waals surface area contributed by atoms with E-state index >= 15 is 0 Å². The monoisotopic (exact) mass is 714 g/mol. The number of nitrogens with zero attached hydrogens (tertiary/aromatic N) is 2. The molecule has 1 saturated heterocycles. The molecule has 1 fully saturated rings. The maximum absolute atomic E-state index is 13.0. The van der Waals surface area contributed by atoms with E-state index in [2.05, 4.69) is 45.2 Å². The number of thioether (sulfide) groups is 1. The van der Waals surface area contributed by atoms with Crippen LogP contribution in [0.5, 0.6) is 11.5 Å². The summed E-state index contributed by atoms with van der Waals surface area (Å²) in [4.78, 5) is 37.6. The first-order chi connectivity index (χ1) is 16.8. The summed E-state index contributed by atoms with van der Waals surface area (Å²) in [6, 6.07) is 16.9. The number of halogens is 2. The van der Waals surface area contributed by atoms with E-state index in [1.165, 1.54) is 19.2 Å². The number of nitro groups is 1. The Morgan fingerprint density at radius 1 is 1.06 bits per heavy atom. The number of benzene rings is 3. The van der Waals surface area contributed by atoms with E-state index in [1.54, 1.807) is 42.5 Å². The molecule has 1 heterocycles. The lowest BCUT2D eigenvalue weighted by Gasteiger charge is -2.15. The summed E-state index contributed by atoms with van der Waals surface area (Å²) >= 11 is 5.14. The van der Waals surface area contributed by atoms with Gasteiger partial charge in [0.25, 0.3) is 16.8 Å². The van der Waals surface area contributed by atoms with Crippen molar-refractivity contribution >= 4 is 85.5 Å². The maximum atomic E-state index is 13.0. The Hall–Kier alpha value is -2.65. The molecular formula is C24H16I2N2O6S. The summed E-state index contributed by atoms with van der Waals surface area (Å²) in [6.07, 6.45) is 1.68. The number of non-ortho nitro benzene ring substituents is 1. The van der Waals surface area contributed by atoms with Gasteiger partial charge in [0.15, 0.2) is 0 Å². The first-order valence-electron chi connectivity index (χ1n) is 10.0. The van der Waals surface area contributed by atoms with Gasteiger partial charge < -0.3 is 9.47 Å². The SMILES string of the molecule is COc1ccccc1N1C(=O)S/C(=C\c2cc(I)c(OCc3cccc([N+](=O)[O-])c3)c(I)c2)C1=O. The maximum Gasteiger partial charge on any atom is 0.298 e. The van der Waals surface area contributed by atoms with E-state index in [1.807, 2.05) is 12.1 Å². The molecule has 11 heteroatoms. The van der Waals surface area contributed by atoms with Crippen molar-refractivity contribution in [3.63, 3.8) is 0 Å². The zero-order chi connectivity index (χ0) is 25.1. The van der Waals surface area contributed by atoms with Crippen LogP contribution in [0.15, 0.2) is 65.6 Å². The van der Waals surface area contributed by atoms with E-state index in [0.717, 1.165) is 29.4 Å². The normalized spacial score (nSPS) is 14.5. The highest BCUT2D eigenvalue weighted by Crippen LogP contribution is 2.40. The van der Waals surface area contributed by atoms with Crippen LogP contribution in [-0.4, -0.2) is 23.2 Å². The first kappa shape index (κ1) is 25.4. The molecule has 0 radical (unpaired) electrons. The Labute approximate surface area is 232 Å². The molecule has 0 unspecified atom stereocenters. The average Bonchev–Trinajstić information content (AvgIpc) is 3.11. The standard InChI is InChI=1S/C24H16I2N2O6S/c1-33-20-8-3-2-7-19(20)27-23(29)21(35-24(27)30)12-15-10-17(25)22(18(26)11-15)34-13-14-5-4-6-16(9-14)28(31)32/h2-12H,13H2,1H3/b21-12-. The van der Waals surface area contributed by atoms with Gasteiger partial charge in [-0.3, -0.25) is 19.7 Å². The zero-order valence-corrected chi connectivity index (χ0v) is 23.2. The Bertz CT molecular complexity index is 1350. The third-order valence-corrected chi connectivity index (χ3v) is 7.41. The Balaban J connectivity index is 1.55. The van der Waals surface area contributed by atoms with Crippen LogP contribution in [0, 0.1) is 17.3 Å². The van der Waals surface area contributed by atoms with Crippen molar-refractivity contribution < 1.29 is 24.0 Å². The number of rotatable bonds is 7. The molecule has 4 rings (SSSR count). The van der Waals surface area contributed by atoms with E-state index in [0.29, 0.717) is 27.7 Å². The van der Waals surface area contributed by atoms with Gasteiger partial charge in [0.05, 0.1) is 29.8 Å². The third-order valence-electron chi connectivity index (χ3n) is 4.94. The van der Waals surface area contributed by atoms with Crippen LogP contribution in [-0.2, 0) is 11.4 Å². The number of hydrogen-bond donors (Lipinski definition) is 0. The number of ether oxygens (including phenoxy) is 2. The molecule has 0 atom stereocenters. The number of methoxy groups -OCH3 is 1. The average molecular weight is 714 g/mol. The van der Waals surface area contributed by atoms with Gasteiger partial charge in [-0.15, -0.1) is 0 Å². The minimum Gasteiger partial charge on any atom is -0.495 e. The summed E-state index contributed by atoms with van der Waals surface area (Å²) in [7, 11) is 1.49. The number of para-hydroxylation sites is 2. The zero-order valence-electron chi connectivity index (χ0n) is 18.1. The summed E-state index contributed by atoms with van der Waals surface area (Å²) < 4.78 is 12.8. The fourth-order valence-corrected chi connectivity index (χ4v) is 6.32. The highest BCUT2D eigenvalue weighted by molar-refractivity contribution is 14.1. The molecule has 0 saturated carbocycles. The minimum atomic E-state index is -0.443. The van der Waals surface area contributed by atoms with E-state index in [-0.39, 0.29) is 12.3 Å². The van der Waals surface area contributed by atoms with Gasteiger partial charge in [-0.1, -0.05) is 24.3 Å². The lowest BCUT2D eigenvalue weighted by atomic mass is 10.2. The summed E-state index contributed by atoms with van der Waals surface area (Å²) in [5.41, 5.74) is 1.83. The molecular weight excluding hydrogens is 698 g/mol. The second-order valence-electron chi connectivity index (χ2n) is 7.22. The smallest absolute Gasteiger partial charge is 0.298 e. The first-order valence-corrected chi connectivity index (χ1v) is 13.0. The van der Waals surface area contributed by atoms with Gasteiger partial charge in [0, 0.05) is 12.1 Å². The summed E-state index contributed by atoms with van der Waals surface area (Å²) in [5, 5.41) is 10.6. The quantitative estimate of drug-likeness (QED) is 0.117. The number of imide groups is 1. The molecule has 1 aliphatic heterocycles. The molecule has 0 bridgehead atoms. The second kappa shape index (κ2) is 11.0.